The second kappa shape index (κ2) is 5.22. The summed E-state index contributed by atoms with van der Waals surface area (Å²) in [5, 5.41) is 0. The molecule has 0 radical (unpaired) electrons. The fourth-order valence-electron chi connectivity index (χ4n) is 2.24. The maximum atomic E-state index is 13.6. The number of carbonyl (C=O) groups excluding carboxylic acids is 1. The van der Waals surface area contributed by atoms with E-state index in [9.17, 15) is 13.6 Å². The van der Waals surface area contributed by atoms with Gasteiger partial charge in [-0.15, -0.1) is 11.6 Å². The third kappa shape index (κ3) is 2.34. The highest BCUT2D eigenvalue weighted by molar-refractivity contribution is 6.18. The van der Waals surface area contributed by atoms with Gasteiger partial charge in [0.2, 0.25) is 0 Å². The van der Waals surface area contributed by atoms with Crippen LogP contribution in [0.2, 0.25) is 0 Å². The Balaban J connectivity index is 2.31. The Morgan fingerprint density at radius 2 is 2.17 bits per heavy atom. The zero-order chi connectivity index (χ0) is 13.3. The largest absolute Gasteiger partial charge is 0.334 e. The Labute approximate surface area is 110 Å². The lowest BCUT2D eigenvalue weighted by Crippen LogP contribution is -2.37. The summed E-state index contributed by atoms with van der Waals surface area (Å²) in [6.45, 7) is 2.08. The van der Waals surface area contributed by atoms with E-state index in [-0.39, 0.29) is 17.2 Å². The van der Waals surface area contributed by atoms with Crippen molar-refractivity contribution in [3.8, 4) is 0 Å². The predicted octanol–water partition coefficient (Wildman–Crippen LogP) is 3.12. The standard InChI is InChI=1S/C13H14ClF2NO/c1-8-5-10(12(16)6-11(8)15)13(18)17-4-2-3-9(17)7-14/h5-6,9H,2-4,7H2,1H3. The van der Waals surface area contributed by atoms with Gasteiger partial charge in [0.1, 0.15) is 11.6 Å². The zero-order valence-electron chi connectivity index (χ0n) is 10.0. The molecule has 1 fully saturated rings. The smallest absolute Gasteiger partial charge is 0.257 e. The van der Waals surface area contributed by atoms with Crippen molar-refractivity contribution in [3.63, 3.8) is 0 Å². The van der Waals surface area contributed by atoms with Crippen LogP contribution in [0.4, 0.5) is 8.78 Å². The lowest BCUT2D eigenvalue weighted by molar-refractivity contribution is 0.0744. The molecule has 1 saturated heterocycles. The molecule has 0 N–H and O–H groups in total. The summed E-state index contributed by atoms with van der Waals surface area (Å²) in [5.41, 5.74) is 0.187. The second-order valence-electron chi connectivity index (χ2n) is 4.53. The number of likely N-dealkylation sites (tertiary alicyclic amines) is 1. The van der Waals surface area contributed by atoms with Crippen molar-refractivity contribution in [2.24, 2.45) is 0 Å². The Hall–Kier alpha value is -1.16. The van der Waals surface area contributed by atoms with Crippen molar-refractivity contribution in [2.75, 3.05) is 12.4 Å². The number of halogens is 3. The first-order chi connectivity index (χ1) is 8.54. The topological polar surface area (TPSA) is 20.3 Å². The normalized spacial score (nSPS) is 19.3. The average Bonchev–Trinajstić information content (AvgIpc) is 2.81. The van der Waals surface area contributed by atoms with Gasteiger partial charge in [-0.05, 0) is 31.4 Å². The van der Waals surface area contributed by atoms with E-state index in [1.165, 1.54) is 13.0 Å². The van der Waals surface area contributed by atoms with Crippen molar-refractivity contribution in [1.82, 2.24) is 4.90 Å². The molecule has 1 amide bonds. The molecule has 18 heavy (non-hydrogen) atoms. The molecule has 1 aromatic rings. The Morgan fingerprint density at radius 3 is 2.83 bits per heavy atom. The SMILES string of the molecule is Cc1cc(C(=O)N2CCCC2CCl)c(F)cc1F. The second-order valence-corrected chi connectivity index (χ2v) is 4.84. The lowest BCUT2D eigenvalue weighted by Gasteiger charge is -2.23. The molecule has 0 spiro atoms. The molecular weight excluding hydrogens is 260 g/mol. The van der Waals surface area contributed by atoms with Gasteiger partial charge in [0.05, 0.1) is 5.56 Å². The number of hydrogen-bond donors (Lipinski definition) is 0. The summed E-state index contributed by atoms with van der Waals surface area (Å²) >= 11 is 5.78. The van der Waals surface area contributed by atoms with Crippen LogP contribution in [0.25, 0.3) is 0 Å². The van der Waals surface area contributed by atoms with E-state index >= 15 is 0 Å². The van der Waals surface area contributed by atoms with E-state index < -0.39 is 17.5 Å². The molecule has 1 atom stereocenters. The van der Waals surface area contributed by atoms with Gasteiger partial charge in [-0.3, -0.25) is 4.79 Å². The van der Waals surface area contributed by atoms with Gasteiger partial charge in [0.25, 0.3) is 5.91 Å². The first kappa shape index (κ1) is 13.3. The number of benzene rings is 1. The molecule has 1 aromatic carbocycles. The summed E-state index contributed by atoms with van der Waals surface area (Å²) in [6.07, 6.45) is 1.70. The van der Waals surface area contributed by atoms with Crippen molar-refractivity contribution in [3.05, 3.63) is 34.9 Å². The van der Waals surface area contributed by atoms with Crippen LogP contribution < -0.4 is 0 Å². The highest BCUT2D eigenvalue weighted by atomic mass is 35.5. The van der Waals surface area contributed by atoms with E-state index in [0.717, 1.165) is 18.9 Å². The Morgan fingerprint density at radius 1 is 1.44 bits per heavy atom. The van der Waals surface area contributed by atoms with Crippen LogP contribution in [0.15, 0.2) is 12.1 Å². The fourth-order valence-corrected chi connectivity index (χ4v) is 2.56. The van der Waals surface area contributed by atoms with Crippen molar-refractivity contribution < 1.29 is 13.6 Å². The molecule has 0 bridgehead atoms. The van der Waals surface area contributed by atoms with Crippen LogP contribution in [-0.4, -0.2) is 29.3 Å². The van der Waals surface area contributed by atoms with Crippen molar-refractivity contribution in [2.45, 2.75) is 25.8 Å². The van der Waals surface area contributed by atoms with Crippen LogP contribution in [0.3, 0.4) is 0 Å². The molecule has 1 aliphatic rings. The number of nitrogens with zero attached hydrogens (tertiary/aromatic N) is 1. The average molecular weight is 274 g/mol. The number of aryl methyl sites for hydroxylation is 1. The molecule has 2 rings (SSSR count). The molecule has 98 valence electrons. The van der Waals surface area contributed by atoms with Gasteiger partial charge in [0.15, 0.2) is 0 Å². The molecule has 1 aliphatic heterocycles. The predicted molar refractivity (Wildman–Crippen MR) is 65.9 cm³/mol. The molecular formula is C13H14ClF2NO. The van der Waals surface area contributed by atoms with Crippen LogP contribution in [0.5, 0.6) is 0 Å². The quantitative estimate of drug-likeness (QED) is 0.758. The third-order valence-corrected chi connectivity index (χ3v) is 3.65. The highest BCUT2D eigenvalue weighted by Crippen LogP contribution is 2.23. The summed E-state index contributed by atoms with van der Waals surface area (Å²) in [7, 11) is 0. The molecule has 5 heteroatoms. The van der Waals surface area contributed by atoms with Gasteiger partial charge >= 0.3 is 0 Å². The van der Waals surface area contributed by atoms with Crippen LogP contribution in [0, 0.1) is 18.6 Å². The van der Waals surface area contributed by atoms with E-state index in [1.54, 1.807) is 4.90 Å². The minimum absolute atomic E-state index is 0.0519. The molecule has 0 saturated carbocycles. The van der Waals surface area contributed by atoms with E-state index in [4.69, 9.17) is 11.6 Å². The van der Waals surface area contributed by atoms with E-state index in [0.29, 0.717) is 12.4 Å². The highest BCUT2D eigenvalue weighted by Gasteiger charge is 2.30. The number of rotatable bonds is 2. The monoisotopic (exact) mass is 273 g/mol. The first-order valence-electron chi connectivity index (χ1n) is 5.87. The van der Waals surface area contributed by atoms with Gasteiger partial charge < -0.3 is 4.90 Å². The lowest BCUT2D eigenvalue weighted by atomic mass is 10.1. The fraction of sp³-hybridized carbons (Fsp3) is 0.462. The van der Waals surface area contributed by atoms with Gasteiger partial charge in [-0.2, -0.15) is 0 Å². The molecule has 1 heterocycles. The number of hydrogen-bond acceptors (Lipinski definition) is 1. The molecule has 0 aromatic heterocycles. The van der Waals surface area contributed by atoms with Crippen molar-refractivity contribution in [1.29, 1.82) is 0 Å². The summed E-state index contributed by atoms with van der Waals surface area (Å²) < 4.78 is 26.8. The summed E-state index contributed by atoms with van der Waals surface area (Å²) in [4.78, 5) is 13.8. The van der Waals surface area contributed by atoms with Crippen LogP contribution >= 0.6 is 11.6 Å². The van der Waals surface area contributed by atoms with Gasteiger partial charge in [-0.1, -0.05) is 0 Å². The minimum Gasteiger partial charge on any atom is -0.334 e. The van der Waals surface area contributed by atoms with Crippen LogP contribution in [-0.2, 0) is 0 Å². The van der Waals surface area contributed by atoms with Crippen molar-refractivity contribution >= 4 is 17.5 Å². The van der Waals surface area contributed by atoms with Crippen LogP contribution in [0.1, 0.15) is 28.8 Å². The van der Waals surface area contributed by atoms with E-state index in [2.05, 4.69) is 0 Å². The Kier molecular flexibility index (Phi) is 3.85. The van der Waals surface area contributed by atoms with Gasteiger partial charge in [0, 0.05) is 24.5 Å². The summed E-state index contributed by atoms with van der Waals surface area (Å²) in [6, 6.07) is 1.97. The molecule has 2 nitrogen and oxygen atoms in total. The maximum absolute atomic E-state index is 13.6. The third-order valence-electron chi connectivity index (χ3n) is 3.29. The summed E-state index contributed by atoms with van der Waals surface area (Å²) in [5.74, 6) is -1.52. The zero-order valence-corrected chi connectivity index (χ0v) is 10.8. The molecule has 0 aliphatic carbocycles. The number of carbonyl (C=O) groups is 1. The molecule has 1 unspecified atom stereocenters. The Bertz CT molecular complexity index is 478. The number of amides is 1. The number of alkyl halides is 1. The van der Waals surface area contributed by atoms with Gasteiger partial charge in [-0.25, -0.2) is 8.78 Å². The minimum atomic E-state index is -0.816. The maximum Gasteiger partial charge on any atom is 0.257 e. The first-order valence-corrected chi connectivity index (χ1v) is 6.40. The van der Waals surface area contributed by atoms with E-state index in [1.807, 2.05) is 0 Å².